The summed E-state index contributed by atoms with van der Waals surface area (Å²) >= 11 is 0. The maximum atomic E-state index is 12.5. The van der Waals surface area contributed by atoms with Crippen LogP contribution < -0.4 is 11.2 Å². The highest BCUT2D eigenvalue weighted by Crippen LogP contribution is 2.11. The van der Waals surface area contributed by atoms with Crippen molar-refractivity contribution in [2.45, 2.75) is 20.0 Å². The summed E-state index contributed by atoms with van der Waals surface area (Å²) in [4.78, 5) is 25.0. The molecule has 0 radical (unpaired) electrons. The van der Waals surface area contributed by atoms with E-state index in [0.29, 0.717) is 24.3 Å². The van der Waals surface area contributed by atoms with E-state index in [1.807, 2.05) is 60.7 Å². The van der Waals surface area contributed by atoms with Gasteiger partial charge in [0.1, 0.15) is 0 Å². The van der Waals surface area contributed by atoms with E-state index in [1.54, 1.807) is 6.92 Å². The molecule has 0 aliphatic heterocycles. The zero-order chi connectivity index (χ0) is 16.2. The Morgan fingerprint density at radius 1 is 0.913 bits per heavy atom. The van der Waals surface area contributed by atoms with Crippen molar-refractivity contribution in [3.05, 3.63) is 87.1 Å². The average Bonchev–Trinajstić information content (AvgIpc) is 2.59. The van der Waals surface area contributed by atoms with Gasteiger partial charge in [-0.05, 0) is 12.5 Å². The number of nitrogens with zero attached hydrogens (tertiary/aromatic N) is 3. The van der Waals surface area contributed by atoms with Crippen LogP contribution in [-0.4, -0.2) is 14.3 Å². The van der Waals surface area contributed by atoms with Crippen molar-refractivity contribution >= 4 is 0 Å². The highest BCUT2D eigenvalue weighted by atomic mass is 16.2. The average molecular weight is 307 g/mol. The lowest BCUT2D eigenvalue weighted by molar-refractivity contribution is 0.537. The number of hydrogen-bond acceptors (Lipinski definition) is 3. The molecule has 0 amide bonds. The van der Waals surface area contributed by atoms with Gasteiger partial charge in [0.05, 0.1) is 6.54 Å². The van der Waals surface area contributed by atoms with Crippen LogP contribution in [0.3, 0.4) is 0 Å². The van der Waals surface area contributed by atoms with E-state index >= 15 is 0 Å². The fraction of sp³-hybridized carbons (Fsp3) is 0.167. The van der Waals surface area contributed by atoms with Gasteiger partial charge in [-0.3, -0.25) is 9.36 Å². The zero-order valence-corrected chi connectivity index (χ0v) is 12.8. The Bertz CT molecular complexity index is 912. The Labute approximate surface area is 133 Å². The fourth-order valence-corrected chi connectivity index (χ4v) is 2.48. The largest absolute Gasteiger partial charge is 0.347 e. The molecule has 3 aromatic rings. The third-order valence-corrected chi connectivity index (χ3v) is 3.66. The summed E-state index contributed by atoms with van der Waals surface area (Å²) in [5.41, 5.74) is 1.22. The lowest BCUT2D eigenvalue weighted by Gasteiger charge is -2.11. The number of rotatable bonds is 4. The molecule has 0 atom stereocenters. The molecule has 3 rings (SSSR count). The van der Waals surface area contributed by atoms with Gasteiger partial charge in [0.15, 0.2) is 5.69 Å². The van der Waals surface area contributed by atoms with Crippen molar-refractivity contribution in [1.82, 2.24) is 14.3 Å². The smallest absolute Gasteiger partial charge is 0.267 e. The lowest BCUT2D eigenvalue weighted by atomic mass is 10.2. The number of benzene rings is 2. The van der Waals surface area contributed by atoms with E-state index in [9.17, 15) is 9.59 Å². The van der Waals surface area contributed by atoms with E-state index in [0.717, 1.165) is 5.56 Å². The molecule has 0 saturated carbocycles. The van der Waals surface area contributed by atoms with Gasteiger partial charge in [0.2, 0.25) is 0 Å². The van der Waals surface area contributed by atoms with Crippen LogP contribution in [0.1, 0.15) is 12.5 Å². The Hall–Kier alpha value is -2.95. The first-order valence-corrected chi connectivity index (χ1v) is 7.52. The summed E-state index contributed by atoms with van der Waals surface area (Å²) in [6.07, 6.45) is 0. The Kier molecular flexibility index (Phi) is 4.19. The van der Waals surface area contributed by atoms with Gasteiger partial charge in [-0.1, -0.05) is 60.7 Å². The first-order valence-electron chi connectivity index (χ1n) is 7.52. The summed E-state index contributed by atoms with van der Waals surface area (Å²) in [6.45, 7) is 2.43. The van der Waals surface area contributed by atoms with Gasteiger partial charge < -0.3 is 0 Å². The summed E-state index contributed by atoms with van der Waals surface area (Å²) in [7, 11) is 0. The minimum absolute atomic E-state index is 0.294. The van der Waals surface area contributed by atoms with E-state index in [-0.39, 0.29) is 11.2 Å². The molecule has 0 saturated heterocycles. The molecule has 1 aromatic heterocycles. The molecule has 0 fully saturated rings. The fourth-order valence-electron chi connectivity index (χ4n) is 2.48. The second-order valence-electron chi connectivity index (χ2n) is 5.19. The lowest BCUT2D eigenvalue weighted by Crippen LogP contribution is -2.42. The van der Waals surface area contributed by atoms with Crippen LogP contribution in [0.4, 0.5) is 0 Å². The molecule has 0 bridgehead atoms. The van der Waals surface area contributed by atoms with E-state index < -0.39 is 0 Å². The van der Waals surface area contributed by atoms with Gasteiger partial charge in [-0.2, -0.15) is 5.10 Å². The standard InChI is InChI=1S/C18H17N3O2/c1-2-20-17(22)16(15-11-7-4-8-12-15)19-21(18(20)23)13-14-9-5-3-6-10-14/h3-12H,2,13H2,1H3. The number of hydrogen-bond donors (Lipinski definition) is 0. The molecule has 5 nitrogen and oxygen atoms in total. The molecule has 0 unspecified atom stereocenters. The quantitative estimate of drug-likeness (QED) is 0.742. The van der Waals surface area contributed by atoms with Crippen LogP contribution in [0.5, 0.6) is 0 Å². The SMILES string of the molecule is CCn1c(=O)c(-c2ccccc2)nn(Cc2ccccc2)c1=O. The van der Waals surface area contributed by atoms with Crippen molar-refractivity contribution in [2.75, 3.05) is 0 Å². The van der Waals surface area contributed by atoms with Gasteiger partial charge in [0, 0.05) is 12.1 Å². The molecule has 116 valence electrons. The van der Waals surface area contributed by atoms with Crippen LogP contribution in [-0.2, 0) is 13.1 Å². The highest BCUT2D eigenvalue weighted by molar-refractivity contribution is 5.57. The van der Waals surface area contributed by atoms with Crippen LogP contribution in [0, 0.1) is 0 Å². The summed E-state index contributed by atoms with van der Waals surface area (Å²) in [5.74, 6) is 0. The van der Waals surface area contributed by atoms with Crippen LogP contribution >= 0.6 is 0 Å². The Morgan fingerprint density at radius 2 is 1.52 bits per heavy atom. The summed E-state index contributed by atoms with van der Waals surface area (Å²) in [6, 6.07) is 18.8. The molecule has 0 N–H and O–H groups in total. The second-order valence-corrected chi connectivity index (χ2v) is 5.19. The van der Waals surface area contributed by atoms with Crippen LogP contribution in [0.25, 0.3) is 11.3 Å². The molecular weight excluding hydrogens is 290 g/mol. The van der Waals surface area contributed by atoms with Crippen molar-refractivity contribution in [1.29, 1.82) is 0 Å². The molecule has 5 heteroatoms. The van der Waals surface area contributed by atoms with Crippen LogP contribution in [0.2, 0.25) is 0 Å². The third kappa shape index (κ3) is 2.99. The van der Waals surface area contributed by atoms with Crippen molar-refractivity contribution < 1.29 is 0 Å². The minimum atomic E-state index is -0.388. The van der Waals surface area contributed by atoms with Crippen molar-refractivity contribution in [3.8, 4) is 11.3 Å². The first kappa shape index (κ1) is 15.0. The molecule has 23 heavy (non-hydrogen) atoms. The van der Waals surface area contributed by atoms with E-state index in [1.165, 1.54) is 9.25 Å². The number of aromatic nitrogens is 3. The van der Waals surface area contributed by atoms with Crippen LogP contribution in [0.15, 0.2) is 70.3 Å². The topological polar surface area (TPSA) is 56.9 Å². The normalized spacial score (nSPS) is 10.7. The third-order valence-electron chi connectivity index (χ3n) is 3.66. The maximum absolute atomic E-state index is 12.5. The highest BCUT2D eigenvalue weighted by Gasteiger charge is 2.13. The monoisotopic (exact) mass is 307 g/mol. The Balaban J connectivity index is 2.17. The van der Waals surface area contributed by atoms with Crippen molar-refractivity contribution in [3.63, 3.8) is 0 Å². The van der Waals surface area contributed by atoms with E-state index in [2.05, 4.69) is 5.10 Å². The van der Waals surface area contributed by atoms with Gasteiger partial charge in [-0.15, -0.1) is 0 Å². The summed E-state index contributed by atoms with van der Waals surface area (Å²) in [5, 5.41) is 4.32. The minimum Gasteiger partial charge on any atom is -0.267 e. The zero-order valence-electron chi connectivity index (χ0n) is 12.8. The van der Waals surface area contributed by atoms with Crippen molar-refractivity contribution in [2.24, 2.45) is 0 Å². The van der Waals surface area contributed by atoms with E-state index in [4.69, 9.17) is 0 Å². The second kappa shape index (κ2) is 6.44. The molecule has 0 aliphatic carbocycles. The predicted octanol–water partition coefficient (Wildman–Crippen LogP) is 2.14. The van der Waals surface area contributed by atoms with Gasteiger partial charge in [-0.25, -0.2) is 9.48 Å². The Morgan fingerprint density at radius 3 is 2.13 bits per heavy atom. The van der Waals surface area contributed by atoms with Gasteiger partial charge in [0.25, 0.3) is 5.56 Å². The maximum Gasteiger partial charge on any atom is 0.347 e. The first-order chi connectivity index (χ1) is 11.2. The molecule has 1 heterocycles. The summed E-state index contributed by atoms with van der Waals surface area (Å²) < 4.78 is 2.57. The predicted molar refractivity (Wildman–Crippen MR) is 89.4 cm³/mol. The molecule has 2 aromatic carbocycles. The molecule has 0 spiro atoms. The molecular formula is C18H17N3O2. The van der Waals surface area contributed by atoms with Gasteiger partial charge >= 0.3 is 5.69 Å². The molecule has 0 aliphatic rings.